The van der Waals surface area contributed by atoms with Crippen LogP contribution in [0, 0.1) is 5.82 Å². The van der Waals surface area contributed by atoms with E-state index in [9.17, 15) is 9.18 Å². The van der Waals surface area contributed by atoms with E-state index in [0.29, 0.717) is 34.1 Å². The summed E-state index contributed by atoms with van der Waals surface area (Å²) in [5.41, 5.74) is 1.57. The van der Waals surface area contributed by atoms with Crippen LogP contribution in [0.1, 0.15) is 28.8 Å². The molecule has 0 saturated carbocycles. The fourth-order valence-electron chi connectivity index (χ4n) is 3.34. The predicted molar refractivity (Wildman–Crippen MR) is 107 cm³/mol. The van der Waals surface area contributed by atoms with Crippen LogP contribution < -0.4 is 19.1 Å². The summed E-state index contributed by atoms with van der Waals surface area (Å²) in [5, 5.41) is 0. The van der Waals surface area contributed by atoms with Gasteiger partial charge in [-0.15, -0.1) is 0 Å². The number of rotatable bonds is 7. The van der Waals surface area contributed by atoms with Crippen molar-refractivity contribution < 1.29 is 23.4 Å². The van der Waals surface area contributed by atoms with Crippen LogP contribution in [0.2, 0.25) is 0 Å². The maximum atomic E-state index is 14.4. The first-order chi connectivity index (χ1) is 13.6. The van der Waals surface area contributed by atoms with E-state index in [-0.39, 0.29) is 11.6 Å². The fraction of sp³-hybridized carbons (Fsp3) is 0.318. The Morgan fingerprint density at radius 2 is 1.64 bits per heavy atom. The van der Waals surface area contributed by atoms with Crippen molar-refractivity contribution in [2.45, 2.75) is 12.8 Å². The molecule has 1 aliphatic heterocycles. The van der Waals surface area contributed by atoms with E-state index >= 15 is 0 Å². The zero-order valence-corrected chi connectivity index (χ0v) is 16.3. The number of anilines is 1. The molecule has 0 aromatic heterocycles. The molecule has 0 bridgehead atoms. The van der Waals surface area contributed by atoms with Crippen molar-refractivity contribution in [2.24, 2.45) is 0 Å². The molecular weight excluding hydrogens is 361 g/mol. The smallest absolute Gasteiger partial charge is 0.203 e. The van der Waals surface area contributed by atoms with Gasteiger partial charge in [-0.05, 0) is 54.8 Å². The molecule has 2 aromatic rings. The van der Waals surface area contributed by atoms with Crippen LogP contribution in [0.25, 0.3) is 6.08 Å². The van der Waals surface area contributed by atoms with Crippen LogP contribution in [0.4, 0.5) is 10.1 Å². The fourth-order valence-corrected chi connectivity index (χ4v) is 3.34. The third-order valence-electron chi connectivity index (χ3n) is 4.79. The van der Waals surface area contributed by atoms with E-state index in [2.05, 4.69) is 0 Å². The highest BCUT2D eigenvalue weighted by atomic mass is 19.1. The Bertz CT molecular complexity index is 863. The van der Waals surface area contributed by atoms with Crippen LogP contribution in [0.15, 0.2) is 36.4 Å². The summed E-state index contributed by atoms with van der Waals surface area (Å²) in [4.78, 5) is 14.5. The molecule has 0 atom stereocenters. The largest absolute Gasteiger partial charge is 0.493 e. The molecule has 6 heteroatoms. The molecule has 1 saturated heterocycles. The predicted octanol–water partition coefficient (Wildman–Crippen LogP) is 4.35. The van der Waals surface area contributed by atoms with Crippen LogP contribution in [-0.2, 0) is 0 Å². The van der Waals surface area contributed by atoms with Gasteiger partial charge in [0, 0.05) is 18.7 Å². The highest BCUT2D eigenvalue weighted by Gasteiger charge is 2.17. The maximum Gasteiger partial charge on any atom is 0.203 e. The van der Waals surface area contributed by atoms with Crippen molar-refractivity contribution in [3.8, 4) is 17.2 Å². The minimum atomic E-state index is -0.367. The molecule has 2 aromatic carbocycles. The number of benzene rings is 2. The van der Waals surface area contributed by atoms with E-state index < -0.39 is 0 Å². The molecule has 1 aliphatic rings. The Morgan fingerprint density at radius 3 is 2.18 bits per heavy atom. The lowest BCUT2D eigenvalue weighted by molar-refractivity contribution is 0.104. The van der Waals surface area contributed by atoms with Crippen molar-refractivity contribution >= 4 is 17.5 Å². The van der Waals surface area contributed by atoms with E-state index in [0.717, 1.165) is 25.9 Å². The van der Waals surface area contributed by atoms with Crippen molar-refractivity contribution in [2.75, 3.05) is 39.3 Å². The second kappa shape index (κ2) is 8.78. The van der Waals surface area contributed by atoms with Gasteiger partial charge in [0.25, 0.3) is 0 Å². The van der Waals surface area contributed by atoms with E-state index in [1.54, 1.807) is 30.3 Å². The average Bonchev–Trinajstić information content (AvgIpc) is 3.25. The van der Waals surface area contributed by atoms with Crippen LogP contribution in [-0.4, -0.2) is 40.2 Å². The standard InChI is InChI=1S/C22H24FNO4/c1-26-20-12-15(13-21(27-2)22(20)28-3)6-9-19(25)16-7-8-18(17(23)14-16)24-10-4-5-11-24/h6-9,12-14H,4-5,10-11H2,1-3H3/b9-6+. The highest BCUT2D eigenvalue weighted by molar-refractivity contribution is 6.07. The van der Waals surface area contributed by atoms with E-state index in [4.69, 9.17) is 14.2 Å². The second-order valence-corrected chi connectivity index (χ2v) is 6.52. The van der Waals surface area contributed by atoms with Gasteiger partial charge < -0.3 is 19.1 Å². The number of carbonyl (C=O) groups is 1. The topological polar surface area (TPSA) is 48.0 Å². The lowest BCUT2D eigenvalue weighted by Gasteiger charge is -2.18. The molecule has 0 radical (unpaired) electrons. The quantitative estimate of drug-likeness (QED) is 0.524. The molecule has 5 nitrogen and oxygen atoms in total. The van der Waals surface area contributed by atoms with Gasteiger partial charge in [-0.1, -0.05) is 6.08 Å². The Morgan fingerprint density at radius 1 is 1.00 bits per heavy atom. The Balaban J connectivity index is 1.81. The van der Waals surface area contributed by atoms with Gasteiger partial charge in [0.2, 0.25) is 5.75 Å². The third-order valence-corrected chi connectivity index (χ3v) is 4.79. The maximum absolute atomic E-state index is 14.4. The van der Waals surface area contributed by atoms with Gasteiger partial charge in [-0.2, -0.15) is 0 Å². The number of ketones is 1. The summed E-state index contributed by atoms with van der Waals surface area (Å²) in [5.74, 6) is 0.826. The molecule has 0 amide bonds. The first-order valence-corrected chi connectivity index (χ1v) is 9.14. The van der Waals surface area contributed by atoms with Crippen molar-refractivity contribution in [1.82, 2.24) is 0 Å². The zero-order chi connectivity index (χ0) is 20.1. The number of ether oxygens (including phenoxy) is 3. The zero-order valence-electron chi connectivity index (χ0n) is 16.3. The third kappa shape index (κ3) is 4.11. The van der Waals surface area contributed by atoms with Crippen molar-refractivity contribution in [3.05, 3.63) is 53.4 Å². The number of hydrogen-bond donors (Lipinski definition) is 0. The lowest BCUT2D eigenvalue weighted by Crippen LogP contribution is -2.19. The van der Waals surface area contributed by atoms with Crippen molar-refractivity contribution in [1.29, 1.82) is 0 Å². The normalized spacial score (nSPS) is 13.8. The highest BCUT2D eigenvalue weighted by Crippen LogP contribution is 2.38. The summed E-state index contributed by atoms with van der Waals surface area (Å²) in [6, 6.07) is 8.12. The number of nitrogens with zero attached hydrogens (tertiary/aromatic N) is 1. The van der Waals surface area contributed by atoms with Crippen LogP contribution in [0.3, 0.4) is 0 Å². The SMILES string of the molecule is COc1cc(/C=C/C(=O)c2ccc(N3CCCC3)c(F)c2)cc(OC)c1OC. The van der Waals surface area contributed by atoms with Crippen molar-refractivity contribution in [3.63, 3.8) is 0 Å². The number of methoxy groups -OCH3 is 3. The molecule has 0 aliphatic carbocycles. The van der Waals surface area contributed by atoms with Gasteiger partial charge >= 0.3 is 0 Å². The Hall–Kier alpha value is -3.02. The molecule has 1 fully saturated rings. The second-order valence-electron chi connectivity index (χ2n) is 6.52. The van der Waals surface area contributed by atoms with Gasteiger partial charge in [0.05, 0.1) is 27.0 Å². The van der Waals surface area contributed by atoms with E-state index in [1.807, 2.05) is 4.90 Å². The number of halogens is 1. The minimum absolute atomic E-state index is 0.277. The number of hydrogen-bond acceptors (Lipinski definition) is 5. The van der Waals surface area contributed by atoms with Crippen LogP contribution >= 0.6 is 0 Å². The minimum Gasteiger partial charge on any atom is -0.493 e. The Kier molecular flexibility index (Phi) is 6.19. The molecule has 28 heavy (non-hydrogen) atoms. The van der Waals surface area contributed by atoms with Crippen LogP contribution in [0.5, 0.6) is 17.2 Å². The molecule has 148 valence electrons. The van der Waals surface area contributed by atoms with Gasteiger partial charge in [-0.3, -0.25) is 4.79 Å². The van der Waals surface area contributed by atoms with E-state index in [1.165, 1.54) is 33.5 Å². The molecule has 1 heterocycles. The van der Waals surface area contributed by atoms with Gasteiger partial charge in [0.15, 0.2) is 17.3 Å². The average molecular weight is 385 g/mol. The molecule has 0 N–H and O–H groups in total. The molecule has 0 unspecified atom stereocenters. The summed E-state index contributed by atoms with van der Waals surface area (Å²) in [6.07, 6.45) is 5.18. The molecule has 0 spiro atoms. The summed E-state index contributed by atoms with van der Waals surface area (Å²) in [7, 11) is 4.58. The molecular formula is C22H24FNO4. The summed E-state index contributed by atoms with van der Waals surface area (Å²) >= 11 is 0. The van der Waals surface area contributed by atoms with Gasteiger partial charge in [0.1, 0.15) is 5.82 Å². The molecule has 3 rings (SSSR count). The summed E-state index contributed by atoms with van der Waals surface area (Å²) < 4.78 is 30.4. The first-order valence-electron chi connectivity index (χ1n) is 9.14. The monoisotopic (exact) mass is 385 g/mol. The number of carbonyl (C=O) groups excluding carboxylic acids is 1. The summed E-state index contributed by atoms with van der Waals surface area (Å²) in [6.45, 7) is 1.70. The first kappa shape index (κ1) is 19.7. The lowest BCUT2D eigenvalue weighted by atomic mass is 10.1. The Labute approximate surface area is 164 Å². The number of allylic oxidation sites excluding steroid dienone is 1. The van der Waals surface area contributed by atoms with Gasteiger partial charge in [-0.25, -0.2) is 4.39 Å².